The number of hydrogen-bond acceptors (Lipinski definition) is 3. The summed E-state index contributed by atoms with van der Waals surface area (Å²) in [6.07, 6.45) is 5.16. The van der Waals surface area contributed by atoms with Crippen molar-refractivity contribution in [1.29, 1.82) is 0 Å². The Balaban J connectivity index is 1.96. The third-order valence-corrected chi connectivity index (χ3v) is 4.32. The maximum atomic E-state index is 5.32. The molecule has 2 atom stereocenters. The Morgan fingerprint density at radius 2 is 2.35 bits per heavy atom. The quantitative estimate of drug-likeness (QED) is 0.764. The van der Waals surface area contributed by atoms with Crippen molar-refractivity contribution in [3.8, 4) is 0 Å². The molecule has 0 radical (unpaired) electrons. The molecule has 1 saturated carbocycles. The molecule has 3 heteroatoms. The van der Waals surface area contributed by atoms with Crippen LogP contribution < -0.4 is 5.32 Å². The molecule has 1 aromatic rings. The maximum Gasteiger partial charge on any atom is 0.0616 e. The standard InChI is InChI=1S/C14H23NOS/c1-3-5-12(10-16-2)15-14(11-7-8-11)13-6-4-9-17-13/h4,6,9,11-12,14-15H,3,5,7-8,10H2,1-2H3. The third-order valence-electron chi connectivity index (χ3n) is 3.36. The van der Waals surface area contributed by atoms with Crippen LogP contribution in [0.4, 0.5) is 0 Å². The van der Waals surface area contributed by atoms with E-state index in [0.717, 1.165) is 12.5 Å². The van der Waals surface area contributed by atoms with Gasteiger partial charge in [-0.25, -0.2) is 0 Å². The predicted octanol–water partition coefficient (Wildman–Crippen LogP) is 3.60. The number of ether oxygens (including phenoxy) is 1. The highest BCUT2D eigenvalue weighted by Crippen LogP contribution is 2.42. The first-order chi connectivity index (χ1) is 8.35. The van der Waals surface area contributed by atoms with Gasteiger partial charge in [-0.05, 0) is 36.6 Å². The van der Waals surface area contributed by atoms with Crippen LogP contribution in [0.25, 0.3) is 0 Å². The molecule has 1 heterocycles. The first-order valence-electron chi connectivity index (χ1n) is 6.63. The molecule has 1 fully saturated rings. The summed E-state index contributed by atoms with van der Waals surface area (Å²) in [6.45, 7) is 3.06. The van der Waals surface area contributed by atoms with E-state index in [1.165, 1.54) is 30.6 Å². The summed E-state index contributed by atoms with van der Waals surface area (Å²) >= 11 is 1.87. The Labute approximate surface area is 108 Å². The van der Waals surface area contributed by atoms with Gasteiger partial charge in [0.2, 0.25) is 0 Å². The number of hydrogen-bond donors (Lipinski definition) is 1. The van der Waals surface area contributed by atoms with Crippen molar-refractivity contribution < 1.29 is 4.74 Å². The van der Waals surface area contributed by atoms with Gasteiger partial charge >= 0.3 is 0 Å². The van der Waals surface area contributed by atoms with E-state index >= 15 is 0 Å². The molecule has 0 aliphatic heterocycles. The summed E-state index contributed by atoms with van der Waals surface area (Å²) in [5, 5.41) is 5.98. The average Bonchev–Trinajstić information content (AvgIpc) is 3.01. The average molecular weight is 253 g/mol. The van der Waals surface area contributed by atoms with E-state index in [0.29, 0.717) is 12.1 Å². The van der Waals surface area contributed by atoms with Crippen LogP contribution in [0.2, 0.25) is 0 Å². The maximum absolute atomic E-state index is 5.32. The van der Waals surface area contributed by atoms with Gasteiger partial charge in [0.05, 0.1) is 6.61 Å². The second-order valence-corrected chi connectivity index (χ2v) is 5.92. The second-order valence-electron chi connectivity index (χ2n) is 4.94. The van der Waals surface area contributed by atoms with Crippen molar-refractivity contribution in [2.45, 2.75) is 44.7 Å². The monoisotopic (exact) mass is 253 g/mol. The topological polar surface area (TPSA) is 21.3 Å². The predicted molar refractivity (Wildman–Crippen MR) is 73.5 cm³/mol. The minimum atomic E-state index is 0.498. The molecule has 1 aliphatic rings. The summed E-state index contributed by atoms with van der Waals surface area (Å²) < 4.78 is 5.32. The first kappa shape index (κ1) is 13.1. The summed E-state index contributed by atoms with van der Waals surface area (Å²) in [6, 6.07) is 5.47. The molecule has 1 N–H and O–H groups in total. The van der Waals surface area contributed by atoms with E-state index in [2.05, 4.69) is 29.8 Å². The molecule has 96 valence electrons. The van der Waals surface area contributed by atoms with Crippen LogP contribution in [-0.4, -0.2) is 19.8 Å². The highest BCUT2D eigenvalue weighted by Gasteiger charge is 2.33. The smallest absolute Gasteiger partial charge is 0.0616 e. The van der Waals surface area contributed by atoms with E-state index in [4.69, 9.17) is 4.74 Å². The van der Waals surface area contributed by atoms with Gasteiger partial charge in [-0.2, -0.15) is 0 Å². The van der Waals surface area contributed by atoms with Gasteiger partial charge in [-0.15, -0.1) is 11.3 Å². The van der Waals surface area contributed by atoms with Crippen LogP contribution in [0.1, 0.15) is 43.5 Å². The number of rotatable bonds is 8. The summed E-state index contributed by atoms with van der Waals surface area (Å²) in [4.78, 5) is 1.49. The summed E-state index contributed by atoms with van der Waals surface area (Å²) in [7, 11) is 1.79. The lowest BCUT2D eigenvalue weighted by atomic mass is 10.1. The molecule has 1 aromatic heterocycles. The molecule has 0 bridgehead atoms. The molecule has 2 rings (SSSR count). The van der Waals surface area contributed by atoms with Gasteiger partial charge in [0, 0.05) is 24.1 Å². The molecule has 17 heavy (non-hydrogen) atoms. The lowest BCUT2D eigenvalue weighted by Crippen LogP contribution is -2.36. The van der Waals surface area contributed by atoms with Crippen LogP contribution >= 0.6 is 11.3 Å². The molecule has 0 spiro atoms. The van der Waals surface area contributed by atoms with Crippen molar-refractivity contribution in [2.75, 3.05) is 13.7 Å². The largest absolute Gasteiger partial charge is 0.383 e. The van der Waals surface area contributed by atoms with Crippen LogP contribution in [0.3, 0.4) is 0 Å². The molecular formula is C14H23NOS. The first-order valence-corrected chi connectivity index (χ1v) is 7.51. The minimum Gasteiger partial charge on any atom is -0.383 e. The lowest BCUT2D eigenvalue weighted by molar-refractivity contribution is 0.154. The second kappa shape index (κ2) is 6.53. The van der Waals surface area contributed by atoms with E-state index in [1.54, 1.807) is 7.11 Å². The molecular weight excluding hydrogens is 230 g/mol. The minimum absolute atomic E-state index is 0.498. The number of thiophene rings is 1. The Kier molecular flexibility index (Phi) is 5.01. The number of methoxy groups -OCH3 is 1. The Morgan fingerprint density at radius 3 is 2.88 bits per heavy atom. The molecule has 2 nitrogen and oxygen atoms in total. The summed E-state index contributed by atoms with van der Waals surface area (Å²) in [5.41, 5.74) is 0. The fourth-order valence-corrected chi connectivity index (χ4v) is 3.25. The van der Waals surface area contributed by atoms with E-state index in [-0.39, 0.29) is 0 Å². The summed E-state index contributed by atoms with van der Waals surface area (Å²) in [5.74, 6) is 0.852. The van der Waals surface area contributed by atoms with Gasteiger partial charge in [0.25, 0.3) is 0 Å². The van der Waals surface area contributed by atoms with Crippen LogP contribution in [0.5, 0.6) is 0 Å². The fourth-order valence-electron chi connectivity index (χ4n) is 2.37. The van der Waals surface area contributed by atoms with Crippen molar-refractivity contribution in [3.63, 3.8) is 0 Å². The highest BCUT2D eigenvalue weighted by molar-refractivity contribution is 7.10. The lowest BCUT2D eigenvalue weighted by Gasteiger charge is -2.24. The van der Waals surface area contributed by atoms with Crippen LogP contribution in [0, 0.1) is 5.92 Å². The van der Waals surface area contributed by atoms with Gasteiger partial charge in [-0.1, -0.05) is 19.4 Å². The zero-order chi connectivity index (χ0) is 12.1. The Hall–Kier alpha value is -0.380. The fraction of sp³-hybridized carbons (Fsp3) is 0.714. The molecule has 0 amide bonds. The highest BCUT2D eigenvalue weighted by atomic mass is 32.1. The molecule has 0 aromatic carbocycles. The van der Waals surface area contributed by atoms with Crippen molar-refractivity contribution in [2.24, 2.45) is 5.92 Å². The van der Waals surface area contributed by atoms with Crippen molar-refractivity contribution in [1.82, 2.24) is 5.32 Å². The van der Waals surface area contributed by atoms with Gasteiger partial charge in [0.15, 0.2) is 0 Å². The van der Waals surface area contributed by atoms with Gasteiger partial charge in [-0.3, -0.25) is 0 Å². The molecule has 1 aliphatic carbocycles. The van der Waals surface area contributed by atoms with E-state index < -0.39 is 0 Å². The zero-order valence-corrected chi connectivity index (χ0v) is 11.6. The Morgan fingerprint density at radius 1 is 1.53 bits per heavy atom. The molecule has 0 saturated heterocycles. The van der Waals surface area contributed by atoms with Crippen LogP contribution in [0.15, 0.2) is 17.5 Å². The Bertz CT molecular complexity index is 302. The SMILES string of the molecule is CCCC(COC)NC(c1cccs1)C1CC1. The van der Waals surface area contributed by atoms with Crippen molar-refractivity contribution in [3.05, 3.63) is 22.4 Å². The van der Waals surface area contributed by atoms with Gasteiger partial charge < -0.3 is 10.1 Å². The van der Waals surface area contributed by atoms with Crippen molar-refractivity contribution >= 4 is 11.3 Å². The van der Waals surface area contributed by atoms with Crippen LogP contribution in [-0.2, 0) is 4.74 Å². The van der Waals surface area contributed by atoms with Gasteiger partial charge in [0.1, 0.15) is 0 Å². The third kappa shape index (κ3) is 3.80. The normalized spacial score (nSPS) is 19.2. The zero-order valence-electron chi connectivity index (χ0n) is 10.8. The van der Waals surface area contributed by atoms with E-state index in [1.807, 2.05) is 11.3 Å². The molecule has 2 unspecified atom stereocenters. The number of nitrogens with one attached hydrogen (secondary N) is 1. The van der Waals surface area contributed by atoms with E-state index in [9.17, 15) is 0 Å².